The van der Waals surface area contributed by atoms with E-state index in [1.54, 1.807) is 7.11 Å². The van der Waals surface area contributed by atoms with Gasteiger partial charge in [-0.05, 0) is 49.0 Å². The van der Waals surface area contributed by atoms with E-state index in [4.69, 9.17) is 16.3 Å². The molecule has 7 heteroatoms. The summed E-state index contributed by atoms with van der Waals surface area (Å²) in [5.41, 5.74) is 2.87. The predicted molar refractivity (Wildman–Crippen MR) is 111 cm³/mol. The molecule has 3 aromatic rings. The zero-order valence-corrected chi connectivity index (χ0v) is 16.7. The highest BCUT2D eigenvalue weighted by atomic mass is 35.5. The molecule has 3 rings (SSSR count). The van der Waals surface area contributed by atoms with Crippen LogP contribution >= 0.6 is 22.9 Å². The van der Waals surface area contributed by atoms with Gasteiger partial charge in [0.25, 0.3) is 0 Å². The summed E-state index contributed by atoms with van der Waals surface area (Å²) in [5, 5.41) is 6.06. The highest BCUT2D eigenvalue weighted by Crippen LogP contribution is 2.26. The normalized spacial score (nSPS) is 10.8. The summed E-state index contributed by atoms with van der Waals surface area (Å²) in [6.45, 7) is 0.910. The number of methoxy groups -OCH3 is 1. The van der Waals surface area contributed by atoms with Gasteiger partial charge in [0.15, 0.2) is 5.13 Å². The second-order valence-electron chi connectivity index (χ2n) is 6.12. The van der Waals surface area contributed by atoms with Gasteiger partial charge in [-0.15, -0.1) is 11.3 Å². The maximum absolute atomic E-state index is 12.3. The predicted octanol–water partition coefficient (Wildman–Crippen LogP) is 4.54. The summed E-state index contributed by atoms with van der Waals surface area (Å²) in [6.07, 6.45) is 0. The van der Waals surface area contributed by atoms with Crippen molar-refractivity contribution in [2.24, 2.45) is 0 Å². The Kier molecular flexibility index (Phi) is 6.45. The number of carbonyl (C=O) groups excluding carboxylic acids is 1. The fourth-order valence-corrected chi connectivity index (χ4v) is 3.58. The number of aromatic nitrogens is 1. The Balaban J connectivity index is 1.55. The monoisotopic (exact) mass is 401 g/mol. The van der Waals surface area contributed by atoms with Gasteiger partial charge in [0.1, 0.15) is 5.75 Å². The zero-order valence-electron chi connectivity index (χ0n) is 15.1. The minimum Gasteiger partial charge on any atom is -0.497 e. The summed E-state index contributed by atoms with van der Waals surface area (Å²) < 4.78 is 5.16. The molecule has 0 radical (unpaired) electrons. The molecular weight excluding hydrogens is 382 g/mol. The summed E-state index contributed by atoms with van der Waals surface area (Å²) >= 11 is 7.40. The van der Waals surface area contributed by atoms with Gasteiger partial charge in [-0.3, -0.25) is 9.69 Å². The lowest BCUT2D eigenvalue weighted by Crippen LogP contribution is -2.29. The first kappa shape index (κ1) is 19.4. The van der Waals surface area contributed by atoms with Gasteiger partial charge in [0.2, 0.25) is 5.91 Å². The van der Waals surface area contributed by atoms with E-state index >= 15 is 0 Å². The van der Waals surface area contributed by atoms with Crippen LogP contribution in [0.5, 0.6) is 5.75 Å². The van der Waals surface area contributed by atoms with E-state index in [1.807, 2.05) is 65.9 Å². The van der Waals surface area contributed by atoms with E-state index in [0.29, 0.717) is 16.7 Å². The summed E-state index contributed by atoms with van der Waals surface area (Å²) in [6, 6.07) is 15.3. The van der Waals surface area contributed by atoms with E-state index in [-0.39, 0.29) is 12.5 Å². The average Bonchev–Trinajstić information content (AvgIpc) is 3.10. The maximum Gasteiger partial charge on any atom is 0.240 e. The molecule has 1 aromatic heterocycles. The van der Waals surface area contributed by atoms with Crippen molar-refractivity contribution in [2.75, 3.05) is 26.0 Å². The third-order valence-electron chi connectivity index (χ3n) is 3.89. The molecule has 2 aromatic carbocycles. The number of nitrogens with one attached hydrogen (secondary N) is 1. The summed E-state index contributed by atoms with van der Waals surface area (Å²) in [4.78, 5) is 18.7. The molecule has 0 bridgehead atoms. The number of hydrogen-bond donors (Lipinski definition) is 1. The fraction of sp³-hybridized carbons (Fsp3) is 0.200. The van der Waals surface area contributed by atoms with Crippen molar-refractivity contribution in [3.63, 3.8) is 0 Å². The number of thiazole rings is 1. The van der Waals surface area contributed by atoms with Crippen molar-refractivity contribution < 1.29 is 9.53 Å². The molecule has 1 amide bonds. The van der Waals surface area contributed by atoms with Crippen LogP contribution in [-0.2, 0) is 11.3 Å². The van der Waals surface area contributed by atoms with Crippen LogP contribution in [0.4, 0.5) is 5.13 Å². The quantitative estimate of drug-likeness (QED) is 0.631. The molecule has 0 aliphatic rings. The van der Waals surface area contributed by atoms with E-state index in [9.17, 15) is 4.79 Å². The van der Waals surface area contributed by atoms with Crippen LogP contribution in [0.3, 0.4) is 0 Å². The Morgan fingerprint density at radius 1 is 1.26 bits per heavy atom. The van der Waals surface area contributed by atoms with Crippen molar-refractivity contribution in [3.05, 3.63) is 64.5 Å². The molecular formula is C20H20ClN3O2S. The van der Waals surface area contributed by atoms with Crippen LogP contribution in [0.2, 0.25) is 5.02 Å². The topological polar surface area (TPSA) is 54.5 Å². The van der Waals surface area contributed by atoms with Crippen molar-refractivity contribution >= 4 is 34.0 Å². The van der Waals surface area contributed by atoms with Gasteiger partial charge in [-0.25, -0.2) is 4.98 Å². The SMILES string of the molecule is COc1ccc(-c2csc(NC(=O)CN(C)Cc3cccc(Cl)c3)n2)cc1. The van der Waals surface area contributed by atoms with Gasteiger partial charge >= 0.3 is 0 Å². The first-order valence-electron chi connectivity index (χ1n) is 8.36. The van der Waals surface area contributed by atoms with E-state index in [1.165, 1.54) is 11.3 Å². The number of rotatable bonds is 7. The first-order chi connectivity index (χ1) is 13.0. The van der Waals surface area contributed by atoms with Gasteiger partial charge in [-0.2, -0.15) is 0 Å². The van der Waals surface area contributed by atoms with Crippen LogP contribution in [-0.4, -0.2) is 36.5 Å². The minimum atomic E-state index is -0.102. The van der Waals surface area contributed by atoms with E-state index in [2.05, 4.69) is 10.3 Å². The van der Waals surface area contributed by atoms with Crippen molar-refractivity contribution in [3.8, 4) is 17.0 Å². The highest BCUT2D eigenvalue weighted by molar-refractivity contribution is 7.14. The lowest BCUT2D eigenvalue weighted by molar-refractivity contribution is -0.117. The highest BCUT2D eigenvalue weighted by Gasteiger charge is 2.11. The van der Waals surface area contributed by atoms with E-state index in [0.717, 1.165) is 22.6 Å². The molecule has 140 valence electrons. The molecule has 0 saturated carbocycles. The van der Waals surface area contributed by atoms with Crippen LogP contribution in [0.25, 0.3) is 11.3 Å². The van der Waals surface area contributed by atoms with Crippen LogP contribution in [0.1, 0.15) is 5.56 Å². The average molecular weight is 402 g/mol. The zero-order chi connectivity index (χ0) is 19.2. The van der Waals surface area contributed by atoms with Crippen molar-refractivity contribution in [2.45, 2.75) is 6.54 Å². The third kappa shape index (κ3) is 5.53. The minimum absolute atomic E-state index is 0.102. The summed E-state index contributed by atoms with van der Waals surface area (Å²) in [5.74, 6) is 0.695. The number of carbonyl (C=O) groups is 1. The molecule has 0 saturated heterocycles. The summed E-state index contributed by atoms with van der Waals surface area (Å²) in [7, 11) is 3.53. The first-order valence-corrected chi connectivity index (χ1v) is 9.62. The number of nitrogens with zero attached hydrogens (tertiary/aromatic N) is 2. The number of ether oxygens (including phenoxy) is 1. The maximum atomic E-state index is 12.3. The molecule has 1 heterocycles. The van der Waals surface area contributed by atoms with Gasteiger partial charge in [-0.1, -0.05) is 23.7 Å². The molecule has 1 N–H and O–H groups in total. The Hall–Kier alpha value is -2.41. The van der Waals surface area contributed by atoms with Crippen LogP contribution in [0.15, 0.2) is 53.9 Å². The standard InChI is InChI=1S/C20H20ClN3O2S/c1-24(11-14-4-3-5-16(21)10-14)12-19(25)23-20-22-18(13-27-20)15-6-8-17(26-2)9-7-15/h3-10,13H,11-12H2,1-2H3,(H,22,23,25). The second kappa shape index (κ2) is 8.99. The number of anilines is 1. The molecule has 5 nitrogen and oxygen atoms in total. The number of likely N-dealkylation sites (N-methyl/N-ethyl adjacent to an activating group) is 1. The Labute approximate surface area is 167 Å². The Morgan fingerprint density at radius 2 is 2.04 bits per heavy atom. The number of halogens is 1. The molecule has 0 spiro atoms. The van der Waals surface area contributed by atoms with Gasteiger partial charge < -0.3 is 10.1 Å². The number of benzene rings is 2. The molecule has 0 atom stereocenters. The Bertz CT molecular complexity index is 912. The van der Waals surface area contributed by atoms with Crippen LogP contribution < -0.4 is 10.1 Å². The van der Waals surface area contributed by atoms with Gasteiger partial charge in [0, 0.05) is 22.5 Å². The number of amides is 1. The van der Waals surface area contributed by atoms with Crippen molar-refractivity contribution in [1.29, 1.82) is 0 Å². The number of hydrogen-bond acceptors (Lipinski definition) is 5. The third-order valence-corrected chi connectivity index (χ3v) is 4.88. The lowest BCUT2D eigenvalue weighted by atomic mass is 10.2. The molecule has 0 aliphatic heterocycles. The lowest BCUT2D eigenvalue weighted by Gasteiger charge is -2.15. The fourth-order valence-electron chi connectivity index (χ4n) is 2.63. The van der Waals surface area contributed by atoms with Crippen molar-refractivity contribution in [1.82, 2.24) is 9.88 Å². The van der Waals surface area contributed by atoms with Crippen LogP contribution in [0, 0.1) is 0 Å². The van der Waals surface area contributed by atoms with E-state index < -0.39 is 0 Å². The second-order valence-corrected chi connectivity index (χ2v) is 7.41. The smallest absolute Gasteiger partial charge is 0.240 e. The molecule has 0 aliphatic carbocycles. The molecule has 27 heavy (non-hydrogen) atoms. The largest absolute Gasteiger partial charge is 0.497 e. The molecule has 0 unspecified atom stereocenters. The van der Waals surface area contributed by atoms with Gasteiger partial charge in [0.05, 0.1) is 19.3 Å². The Morgan fingerprint density at radius 3 is 2.74 bits per heavy atom. The molecule has 0 fully saturated rings.